The molecular weight excluding hydrogens is 246 g/mol. The molecule has 0 aliphatic rings. The van der Waals surface area contributed by atoms with Gasteiger partial charge in [0.15, 0.2) is 0 Å². The molecule has 1 aromatic carbocycles. The van der Waals surface area contributed by atoms with Crippen molar-refractivity contribution in [3.63, 3.8) is 0 Å². The summed E-state index contributed by atoms with van der Waals surface area (Å²) in [7, 11) is 0. The van der Waals surface area contributed by atoms with Crippen LogP contribution in [-0.4, -0.2) is 17.7 Å². The number of hydrogen-bond acceptors (Lipinski definition) is 4. The fourth-order valence-electron chi connectivity index (χ4n) is 1.47. The quantitative estimate of drug-likeness (QED) is 0.898. The van der Waals surface area contributed by atoms with Gasteiger partial charge in [-0.05, 0) is 51.3 Å². The Balaban J connectivity index is 2.61. The number of carboxylic acid groups (broad SMARTS) is 1. The zero-order valence-electron chi connectivity index (χ0n) is 11.4. The van der Waals surface area contributed by atoms with E-state index in [1.807, 2.05) is 0 Å². The first-order valence-corrected chi connectivity index (χ1v) is 6.05. The lowest BCUT2D eigenvalue weighted by Crippen LogP contribution is -2.27. The van der Waals surface area contributed by atoms with Gasteiger partial charge in [-0.3, -0.25) is 5.32 Å². The molecule has 0 aliphatic heterocycles. The van der Waals surface area contributed by atoms with Crippen molar-refractivity contribution in [2.75, 3.05) is 5.32 Å². The number of hydrogen-bond donors (Lipinski definition) is 1. The Morgan fingerprint density at radius 1 is 1.32 bits per heavy atom. The summed E-state index contributed by atoms with van der Waals surface area (Å²) in [5, 5.41) is 13.0. The molecule has 0 aromatic heterocycles. The second-order valence-electron chi connectivity index (χ2n) is 5.20. The Morgan fingerprint density at radius 2 is 2.00 bits per heavy atom. The van der Waals surface area contributed by atoms with Crippen LogP contribution in [0.15, 0.2) is 24.3 Å². The molecule has 5 nitrogen and oxygen atoms in total. The lowest BCUT2D eigenvalue weighted by atomic mass is 10.1. The molecule has 19 heavy (non-hydrogen) atoms. The molecule has 0 aliphatic carbocycles. The Morgan fingerprint density at radius 3 is 2.58 bits per heavy atom. The van der Waals surface area contributed by atoms with Crippen molar-refractivity contribution in [2.24, 2.45) is 0 Å². The van der Waals surface area contributed by atoms with Gasteiger partial charge >= 0.3 is 6.09 Å². The van der Waals surface area contributed by atoms with E-state index in [2.05, 4.69) is 5.32 Å². The van der Waals surface area contributed by atoms with Gasteiger partial charge in [0, 0.05) is 11.7 Å². The van der Waals surface area contributed by atoms with Crippen LogP contribution in [0.1, 0.15) is 32.8 Å². The average molecular weight is 264 g/mol. The van der Waals surface area contributed by atoms with Gasteiger partial charge in [-0.1, -0.05) is 12.1 Å². The third-order valence-electron chi connectivity index (χ3n) is 2.19. The second-order valence-corrected chi connectivity index (χ2v) is 5.20. The molecule has 1 aromatic rings. The van der Waals surface area contributed by atoms with Gasteiger partial charge in [-0.15, -0.1) is 0 Å². The van der Waals surface area contributed by atoms with Crippen LogP contribution in [-0.2, 0) is 16.0 Å². The van der Waals surface area contributed by atoms with E-state index in [0.717, 1.165) is 5.56 Å². The number of aryl methyl sites for hydroxylation is 1. The molecule has 1 amide bonds. The predicted molar refractivity (Wildman–Crippen MR) is 69.6 cm³/mol. The molecule has 5 heteroatoms. The molecule has 0 unspecified atom stereocenters. The van der Waals surface area contributed by atoms with Gasteiger partial charge < -0.3 is 14.6 Å². The van der Waals surface area contributed by atoms with Crippen LogP contribution in [0.3, 0.4) is 0 Å². The SMILES string of the molecule is CC(C)(C)OC(=O)Nc1cccc(CCC(=O)[O-])c1. The number of carbonyl (C=O) groups is 2. The van der Waals surface area contributed by atoms with E-state index in [1.165, 1.54) is 0 Å². The van der Waals surface area contributed by atoms with Crippen LogP contribution in [0.2, 0.25) is 0 Å². The van der Waals surface area contributed by atoms with Crippen molar-refractivity contribution in [3.05, 3.63) is 29.8 Å². The molecule has 1 rings (SSSR count). The first kappa shape index (κ1) is 15.0. The zero-order chi connectivity index (χ0) is 14.5. The number of anilines is 1. The average Bonchev–Trinajstić information content (AvgIpc) is 2.24. The number of amides is 1. The molecule has 104 valence electrons. The highest BCUT2D eigenvalue weighted by Crippen LogP contribution is 2.14. The minimum atomic E-state index is -1.09. The zero-order valence-corrected chi connectivity index (χ0v) is 11.4. The number of aliphatic carboxylic acids is 1. The van der Waals surface area contributed by atoms with E-state index in [0.29, 0.717) is 12.1 Å². The predicted octanol–water partition coefficient (Wildman–Crippen LogP) is 1.72. The van der Waals surface area contributed by atoms with Crippen LogP contribution in [0.25, 0.3) is 0 Å². The van der Waals surface area contributed by atoms with Gasteiger partial charge in [0.05, 0.1) is 0 Å². The highest BCUT2D eigenvalue weighted by molar-refractivity contribution is 5.84. The molecule has 0 bridgehead atoms. The van der Waals surface area contributed by atoms with Gasteiger partial charge in [-0.25, -0.2) is 4.79 Å². The minimum absolute atomic E-state index is 0.0457. The third kappa shape index (κ3) is 6.45. The third-order valence-corrected chi connectivity index (χ3v) is 2.19. The van der Waals surface area contributed by atoms with Crippen molar-refractivity contribution in [3.8, 4) is 0 Å². The molecule has 0 atom stereocenters. The maximum atomic E-state index is 11.6. The van der Waals surface area contributed by atoms with E-state index >= 15 is 0 Å². The maximum absolute atomic E-state index is 11.6. The summed E-state index contributed by atoms with van der Waals surface area (Å²) in [5.41, 5.74) is 0.833. The smallest absolute Gasteiger partial charge is 0.412 e. The van der Waals surface area contributed by atoms with Gasteiger partial charge in [-0.2, -0.15) is 0 Å². The van der Waals surface area contributed by atoms with Gasteiger partial charge in [0.25, 0.3) is 0 Å². The van der Waals surface area contributed by atoms with Crippen molar-refractivity contribution in [2.45, 2.75) is 39.2 Å². The highest BCUT2D eigenvalue weighted by atomic mass is 16.6. The van der Waals surface area contributed by atoms with Gasteiger partial charge in [0.2, 0.25) is 0 Å². The van der Waals surface area contributed by atoms with Crippen LogP contribution in [0, 0.1) is 0 Å². The standard InChI is InChI=1S/C14H19NO4/c1-14(2,3)19-13(18)15-11-6-4-5-10(9-11)7-8-12(16)17/h4-6,9H,7-8H2,1-3H3,(H,15,18)(H,16,17)/p-1. The second kappa shape index (κ2) is 6.22. The molecule has 0 spiro atoms. The summed E-state index contributed by atoms with van der Waals surface area (Å²) >= 11 is 0. The molecule has 0 fully saturated rings. The normalized spacial score (nSPS) is 10.9. The molecule has 1 N–H and O–H groups in total. The van der Waals surface area contributed by atoms with Crippen LogP contribution in [0.5, 0.6) is 0 Å². The first-order chi connectivity index (χ1) is 8.76. The van der Waals surface area contributed by atoms with E-state index in [4.69, 9.17) is 4.74 Å². The Kier molecular flexibility index (Phi) is 4.92. The van der Waals surface area contributed by atoms with Crippen LogP contribution in [0.4, 0.5) is 10.5 Å². The maximum Gasteiger partial charge on any atom is 0.412 e. The fraction of sp³-hybridized carbons (Fsp3) is 0.429. The lowest BCUT2D eigenvalue weighted by Gasteiger charge is -2.19. The summed E-state index contributed by atoms with van der Waals surface area (Å²) in [4.78, 5) is 22.0. The largest absolute Gasteiger partial charge is 0.550 e. The van der Waals surface area contributed by atoms with Crippen molar-refractivity contribution < 1.29 is 19.4 Å². The van der Waals surface area contributed by atoms with Crippen LogP contribution < -0.4 is 10.4 Å². The van der Waals surface area contributed by atoms with Crippen molar-refractivity contribution >= 4 is 17.7 Å². The van der Waals surface area contributed by atoms with E-state index in [-0.39, 0.29) is 6.42 Å². The Bertz CT molecular complexity index is 463. The lowest BCUT2D eigenvalue weighted by molar-refractivity contribution is -0.305. The van der Waals surface area contributed by atoms with E-state index < -0.39 is 17.7 Å². The number of benzene rings is 1. The summed E-state index contributed by atoms with van der Waals surface area (Å²) in [6.45, 7) is 5.34. The molecule has 0 radical (unpaired) electrons. The van der Waals surface area contributed by atoms with E-state index in [1.54, 1.807) is 45.0 Å². The summed E-state index contributed by atoms with van der Waals surface area (Å²) < 4.78 is 5.13. The number of ether oxygens (including phenoxy) is 1. The minimum Gasteiger partial charge on any atom is -0.550 e. The number of carboxylic acids is 1. The molecule has 0 heterocycles. The summed E-state index contributed by atoms with van der Waals surface area (Å²) in [6.07, 6.45) is -0.216. The highest BCUT2D eigenvalue weighted by Gasteiger charge is 2.16. The topological polar surface area (TPSA) is 78.5 Å². The number of nitrogens with one attached hydrogen (secondary N) is 1. The first-order valence-electron chi connectivity index (χ1n) is 6.05. The van der Waals surface area contributed by atoms with E-state index in [9.17, 15) is 14.7 Å². The molecule has 0 saturated carbocycles. The monoisotopic (exact) mass is 264 g/mol. The van der Waals surface area contributed by atoms with Gasteiger partial charge in [0.1, 0.15) is 5.60 Å². The summed E-state index contributed by atoms with van der Waals surface area (Å²) in [5.74, 6) is -1.09. The fourth-order valence-corrected chi connectivity index (χ4v) is 1.47. The molecule has 0 saturated heterocycles. The number of rotatable bonds is 4. The molecular formula is C14H18NO4-. The van der Waals surface area contributed by atoms with Crippen molar-refractivity contribution in [1.29, 1.82) is 0 Å². The Labute approximate surface area is 112 Å². The van der Waals surface area contributed by atoms with Crippen molar-refractivity contribution in [1.82, 2.24) is 0 Å². The Hall–Kier alpha value is -2.04. The van der Waals surface area contributed by atoms with Crippen LogP contribution >= 0.6 is 0 Å². The number of carbonyl (C=O) groups excluding carboxylic acids is 2. The summed E-state index contributed by atoms with van der Waals surface area (Å²) in [6, 6.07) is 6.97.